The highest BCUT2D eigenvalue weighted by Gasteiger charge is 2.54. The van der Waals surface area contributed by atoms with E-state index in [4.69, 9.17) is 0 Å². The maximum Gasteiger partial charge on any atom is 0.0487 e. The fourth-order valence-corrected chi connectivity index (χ4v) is 5.77. The van der Waals surface area contributed by atoms with E-state index in [-0.39, 0.29) is 5.41 Å². The fraction of sp³-hybridized carbons (Fsp3) is 0.800. The minimum absolute atomic E-state index is 0.148. The van der Waals surface area contributed by atoms with Crippen LogP contribution in [0.3, 0.4) is 0 Å². The van der Waals surface area contributed by atoms with Crippen LogP contribution in [0.1, 0.15) is 66.2 Å². The van der Waals surface area contributed by atoms with Crippen molar-refractivity contribution >= 4 is 0 Å². The smallest absolute Gasteiger partial charge is 0.0487 e. The lowest BCUT2D eigenvalue weighted by atomic mass is 9.47. The Morgan fingerprint density at radius 1 is 1.29 bits per heavy atom. The Morgan fingerprint density at radius 2 is 2.05 bits per heavy atom. The Kier molecular flexibility index (Phi) is 3.84. The molecule has 0 aliphatic heterocycles. The lowest BCUT2D eigenvalue weighted by Crippen LogP contribution is -2.51. The van der Waals surface area contributed by atoms with Gasteiger partial charge in [0, 0.05) is 6.61 Å². The van der Waals surface area contributed by atoms with Gasteiger partial charge in [-0.15, -0.1) is 0 Å². The first-order valence-electron chi connectivity index (χ1n) is 8.89. The summed E-state index contributed by atoms with van der Waals surface area (Å²) < 4.78 is 0. The van der Waals surface area contributed by atoms with Gasteiger partial charge < -0.3 is 5.11 Å². The van der Waals surface area contributed by atoms with Gasteiger partial charge in [0.1, 0.15) is 0 Å². The van der Waals surface area contributed by atoms with Crippen LogP contribution in [0.5, 0.6) is 0 Å². The molecular formula is C20H32O. The van der Waals surface area contributed by atoms with E-state index in [2.05, 4.69) is 39.8 Å². The van der Waals surface area contributed by atoms with Crippen molar-refractivity contribution in [1.82, 2.24) is 0 Å². The Morgan fingerprint density at radius 3 is 2.76 bits per heavy atom. The van der Waals surface area contributed by atoms with Gasteiger partial charge in [0.2, 0.25) is 0 Å². The third-order valence-electron chi connectivity index (χ3n) is 7.29. The van der Waals surface area contributed by atoms with Crippen LogP contribution in [-0.4, -0.2) is 11.7 Å². The highest BCUT2D eigenvalue weighted by atomic mass is 16.3. The molecule has 118 valence electrons. The van der Waals surface area contributed by atoms with Crippen molar-refractivity contribution in [2.45, 2.75) is 66.2 Å². The van der Waals surface area contributed by atoms with Crippen LogP contribution in [0.4, 0.5) is 0 Å². The maximum absolute atomic E-state index is 10.0. The molecule has 0 unspecified atom stereocenters. The second-order valence-electron chi connectivity index (χ2n) is 8.53. The Bertz CT molecular complexity index is 474. The van der Waals surface area contributed by atoms with E-state index in [1.807, 2.05) is 0 Å². The van der Waals surface area contributed by atoms with Crippen LogP contribution in [0, 0.1) is 28.6 Å². The largest absolute Gasteiger partial charge is 0.396 e. The molecule has 1 nitrogen and oxygen atoms in total. The molecule has 0 aromatic heterocycles. The molecule has 1 N–H and O–H groups in total. The monoisotopic (exact) mass is 288 g/mol. The molecule has 3 aliphatic carbocycles. The summed E-state index contributed by atoms with van der Waals surface area (Å²) in [5, 5.41) is 10.0. The summed E-state index contributed by atoms with van der Waals surface area (Å²) >= 11 is 0. The van der Waals surface area contributed by atoms with Crippen molar-refractivity contribution < 1.29 is 5.11 Å². The summed E-state index contributed by atoms with van der Waals surface area (Å²) in [6, 6.07) is 0. The van der Waals surface area contributed by atoms with Gasteiger partial charge in [-0.25, -0.2) is 0 Å². The molecule has 21 heavy (non-hydrogen) atoms. The van der Waals surface area contributed by atoms with Gasteiger partial charge >= 0.3 is 0 Å². The summed E-state index contributed by atoms with van der Waals surface area (Å²) in [6.45, 7) is 9.86. The van der Waals surface area contributed by atoms with E-state index < -0.39 is 0 Å². The normalized spacial score (nSPS) is 46.8. The zero-order valence-corrected chi connectivity index (χ0v) is 14.3. The number of rotatable bonds is 1. The third-order valence-corrected chi connectivity index (χ3v) is 7.29. The molecule has 0 bridgehead atoms. The van der Waals surface area contributed by atoms with Crippen LogP contribution < -0.4 is 0 Å². The van der Waals surface area contributed by atoms with Crippen LogP contribution in [0.2, 0.25) is 0 Å². The molecule has 3 rings (SSSR count). The number of hydrogen-bond acceptors (Lipinski definition) is 1. The SMILES string of the molecule is CC1=CC[C@H]2C(=C[C@@H]1C)CC[C@H]1[C@](C)(CO)CCC[C@]21C. The Labute approximate surface area is 130 Å². The van der Waals surface area contributed by atoms with Gasteiger partial charge in [0.15, 0.2) is 0 Å². The van der Waals surface area contributed by atoms with E-state index in [1.165, 1.54) is 44.1 Å². The summed E-state index contributed by atoms with van der Waals surface area (Å²) in [5.74, 6) is 2.01. The standard InChI is InChI=1S/C20H32O/c1-14-6-8-17-16(12-15(14)2)7-9-18-19(3,13-21)10-5-11-20(17,18)4/h6,12,15,17-18,21H,5,7-11,13H2,1-4H3/t15-,17-,18-,19-,20+/m0/s1. The Hall–Kier alpha value is -0.560. The molecule has 5 atom stereocenters. The molecule has 0 aromatic rings. The Balaban J connectivity index is 1.99. The van der Waals surface area contributed by atoms with E-state index in [1.54, 1.807) is 5.57 Å². The average molecular weight is 288 g/mol. The quantitative estimate of drug-likeness (QED) is 0.664. The molecule has 3 aliphatic rings. The van der Waals surface area contributed by atoms with Crippen molar-refractivity contribution in [1.29, 1.82) is 0 Å². The topological polar surface area (TPSA) is 20.2 Å². The van der Waals surface area contributed by atoms with Crippen LogP contribution in [0.25, 0.3) is 0 Å². The zero-order valence-electron chi connectivity index (χ0n) is 14.3. The van der Waals surface area contributed by atoms with Gasteiger partial charge in [-0.3, -0.25) is 0 Å². The van der Waals surface area contributed by atoms with Crippen LogP contribution in [0.15, 0.2) is 23.3 Å². The summed E-state index contributed by atoms with van der Waals surface area (Å²) in [5.41, 5.74) is 3.80. The molecule has 1 heteroatoms. The second kappa shape index (κ2) is 5.26. The van der Waals surface area contributed by atoms with E-state index >= 15 is 0 Å². The molecule has 2 saturated carbocycles. The first-order chi connectivity index (χ1) is 9.90. The van der Waals surface area contributed by atoms with Crippen molar-refractivity contribution in [3.8, 4) is 0 Å². The lowest BCUT2D eigenvalue weighted by molar-refractivity contribution is -0.0839. The minimum Gasteiger partial charge on any atom is -0.396 e. The predicted molar refractivity (Wildman–Crippen MR) is 89.0 cm³/mol. The lowest BCUT2D eigenvalue weighted by Gasteiger charge is -2.58. The fourth-order valence-electron chi connectivity index (χ4n) is 5.77. The number of hydrogen-bond donors (Lipinski definition) is 1. The summed E-state index contributed by atoms with van der Waals surface area (Å²) in [6.07, 6.45) is 12.7. The maximum atomic E-state index is 10.0. The zero-order chi connectivity index (χ0) is 15.3. The van der Waals surface area contributed by atoms with E-state index in [0.717, 1.165) is 0 Å². The van der Waals surface area contributed by atoms with Crippen molar-refractivity contribution in [2.75, 3.05) is 6.61 Å². The predicted octanol–water partition coefficient (Wildman–Crippen LogP) is 5.11. The highest BCUT2D eigenvalue weighted by Crippen LogP contribution is 2.62. The number of fused-ring (bicyclic) bond motifs is 3. The van der Waals surface area contributed by atoms with Crippen molar-refractivity contribution in [3.63, 3.8) is 0 Å². The summed E-state index contributed by atoms with van der Waals surface area (Å²) in [4.78, 5) is 0. The van der Waals surface area contributed by atoms with Gasteiger partial charge in [0.25, 0.3) is 0 Å². The van der Waals surface area contributed by atoms with E-state index in [9.17, 15) is 5.11 Å². The van der Waals surface area contributed by atoms with Gasteiger partial charge in [-0.05, 0) is 67.6 Å². The molecule has 0 spiro atoms. The van der Waals surface area contributed by atoms with Crippen molar-refractivity contribution in [2.24, 2.45) is 28.6 Å². The van der Waals surface area contributed by atoms with Gasteiger partial charge in [0.05, 0.1) is 0 Å². The first kappa shape index (κ1) is 15.3. The molecule has 0 aromatic carbocycles. The number of aliphatic hydroxyl groups is 1. The number of allylic oxidation sites excluding steroid dienone is 4. The first-order valence-corrected chi connectivity index (χ1v) is 8.89. The number of aliphatic hydroxyl groups excluding tert-OH is 1. The van der Waals surface area contributed by atoms with Crippen molar-refractivity contribution in [3.05, 3.63) is 23.3 Å². The average Bonchev–Trinajstić information content (AvgIpc) is 2.59. The molecular weight excluding hydrogens is 256 g/mol. The van der Waals surface area contributed by atoms with Gasteiger partial charge in [-0.1, -0.05) is 50.5 Å². The highest BCUT2D eigenvalue weighted by molar-refractivity contribution is 5.27. The molecule has 2 fully saturated rings. The van der Waals surface area contributed by atoms with Crippen LogP contribution in [-0.2, 0) is 0 Å². The molecule has 0 amide bonds. The third kappa shape index (κ3) is 2.32. The van der Waals surface area contributed by atoms with Gasteiger partial charge in [-0.2, -0.15) is 0 Å². The van der Waals surface area contributed by atoms with E-state index in [0.29, 0.717) is 29.8 Å². The summed E-state index contributed by atoms with van der Waals surface area (Å²) in [7, 11) is 0. The minimum atomic E-state index is 0.148. The molecule has 0 radical (unpaired) electrons. The second-order valence-corrected chi connectivity index (χ2v) is 8.53. The molecule has 0 heterocycles. The van der Waals surface area contributed by atoms with Crippen LogP contribution >= 0.6 is 0 Å². The molecule has 0 saturated heterocycles.